The van der Waals surface area contributed by atoms with E-state index >= 15 is 0 Å². The van der Waals surface area contributed by atoms with Gasteiger partial charge in [-0.3, -0.25) is 9.59 Å². The smallest absolute Gasteiger partial charge is 0.307 e. The summed E-state index contributed by atoms with van der Waals surface area (Å²) in [6.45, 7) is 1.02. The highest BCUT2D eigenvalue weighted by Crippen LogP contribution is 2.40. The number of amides is 1. The van der Waals surface area contributed by atoms with Gasteiger partial charge in [0.1, 0.15) is 11.9 Å². The molecular weight excluding hydrogens is 277 g/mol. The fourth-order valence-electron chi connectivity index (χ4n) is 2.75. The predicted molar refractivity (Wildman–Crippen MR) is 70.9 cm³/mol. The van der Waals surface area contributed by atoms with Gasteiger partial charge in [0.15, 0.2) is 0 Å². The van der Waals surface area contributed by atoms with E-state index in [0.29, 0.717) is 25.1 Å². The van der Waals surface area contributed by atoms with Crippen molar-refractivity contribution < 1.29 is 23.8 Å². The number of hydrogen-bond donors (Lipinski definition) is 1. The number of rotatable bonds is 3. The van der Waals surface area contributed by atoms with Crippen molar-refractivity contribution in [2.24, 2.45) is 11.8 Å². The van der Waals surface area contributed by atoms with Crippen LogP contribution in [0.1, 0.15) is 18.1 Å². The SMILES string of the molecule is O=C(O)[C@@H]1C[C@H]1C(=O)N1CCO[C@@H](c2ccccc2F)C1. The molecule has 2 fully saturated rings. The molecule has 112 valence electrons. The number of hydrogen-bond acceptors (Lipinski definition) is 3. The fraction of sp³-hybridized carbons (Fsp3) is 0.467. The quantitative estimate of drug-likeness (QED) is 0.916. The molecule has 1 aliphatic heterocycles. The van der Waals surface area contributed by atoms with Crippen LogP contribution in [0, 0.1) is 17.7 Å². The third kappa shape index (κ3) is 2.76. The third-order valence-corrected chi connectivity index (χ3v) is 4.06. The number of ether oxygens (including phenoxy) is 1. The monoisotopic (exact) mass is 293 g/mol. The molecule has 1 amide bonds. The Bertz CT molecular complexity index is 577. The Labute approximate surface area is 121 Å². The highest BCUT2D eigenvalue weighted by molar-refractivity contribution is 5.89. The third-order valence-electron chi connectivity index (χ3n) is 4.06. The molecule has 0 radical (unpaired) electrons. The molecule has 1 heterocycles. The van der Waals surface area contributed by atoms with E-state index < -0.39 is 23.9 Å². The molecule has 0 spiro atoms. The van der Waals surface area contributed by atoms with Crippen LogP contribution in [0.4, 0.5) is 4.39 Å². The van der Waals surface area contributed by atoms with Crippen LogP contribution in [0.3, 0.4) is 0 Å². The first-order chi connectivity index (χ1) is 10.1. The summed E-state index contributed by atoms with van der Waals surface area (Å²) >= 11 is 0. The summed E-state index contributed by atoms with van der Waals surface area (Å²) in [5, 5.41) is 8.89. The van der Waals surface area contributed by atoms with Gasteiger partial charge in [0, 0.05) is 12.1 Å². The molecular formula is C15H16FNO4. The molecule has 0 aromatic heterocycles. The Morgan fingerprint density at radius 1 is 1.29 bits per heavy atom. The first kappa shape index (κ1) is 14.0. The van der Waals surface area contributed by atoms with Gasteiger partial charge >= 0.3 is 5.97 Å². The normalized spacial score (nSPS) is 28.2. The number of carbonyl (C=O) groups excluding carboxylic acids is 1. The second kappa shape index (κ2) is 5.44. The summed E-state index contributed by atoms with van der Waals surface area (Å²) in [7, 11) is 0. The van der Waals surface area contributed by atoms with E-state index in [-0.39, 0.29) is 18.3 Å². The summed E-state index contributed by atoms with van der Waals surface area (Å²) < 4.78 is 19.3. The number of nitrogens with zero attached hydrogens (tertiary/aromatic N) is 1. The van der Waals surface area contributed by atoms with Gasteiger partial charge in [0.05, 0.1) is 25.0 Å². The number of halogens is 1. The lowest BCUT2D eigenvalue weighted by atomic mass is 10.1. The molecule has 0 unspecified atom stereocenters. The zero-order valence-corrected chi connectivity index (χ0v) is 11.4. The van der Waals surface area contributed by atoms with Crippen LogP contribution in [0.2, 0.25) is 0 Å². The Kier molecular flexibility index (Phi) is 3.63. The van der Waals surface area contributed by atoms with Crippen molar-refractivity contribution in [3.05, 3.63) is 35.6 Å². The molecule has 0 bridgehead atoms. The molecule has 5 nitrogen and oxygen atoms in total. The minimum Gasteiger partial charge on any atom is -0.481 e. The van der Waals surface area contributed by atoms with Crippen LogP contribution in [-0.4, -0.2) is 41.6 Å². The van der Waals surface area contributed by atoms with Crippen LogP contribution in [-0.2, 0) is 14.3 Å². The van der Waals surface area contributed by atoms with Crippen LogP contribution < -0.4 is 0 Å². The van der Waals surface area contributed by atoms with Crippen LogP contribution >= 0.6 is 0 Å². The molecule has 3 rings (SSSR count). The first-order valence-electron chi connectivity index (χ1n) is 6.95. The summed E-state index contributed by atoms with van der Waals surface area (Å²) in [6, 6.07) is 6.34. The van der Waals surface area contributed by atoms with Crippen molar-refractivity contribution in [3.8, 4) is 0 Å². The number of carbonyl (C=O) groups is 2. The maximum absolute atomic E-state index is 13.8. The fourth-order valence-corrected chi connectivity index (χ4v) is 2.75. The van der Waals surface area contributed by atoms with E-state index in [1.54, 1.807) is 23.1 Å². The van der Waals surface area contributed by atoms with E-state index in [2.05, 4.69) is 0 Å². The van der Waals surface area contributed by atoms with Crippen molar-refractivity contribution in [2.45, 2.75) is 12.5 Å². The average Bonchev–Trinajstić information content (AvgIpc) is 3.28. The minimum absolute atomic E-state index is 0.160. The van der Waals surface area contributed by atoms with Crippen molar-refractivity contribution in [1.29, 1.82) is 0 Å². The Hall–Kier alpha value is -1.95. The maximum Gasteiger partial charge on any atom is 0.307 e. The Balaban J connectivity index is 1.68. The lowest BCUT2D eigenvalue weighted by Crippen LogP contribution is -2.43. The average molecular weight is 293 g/mol. The highest BCUT2D eigenvalue weighted by Gasteiger charge is 2.50. The van der Waals surface area contributed by atoms with Gasteiger partial charge in [-0.1, -0.05) is 18.2 Å². The first-order valence-corrected chi connectivity index (χ1v) is 6.95. The van der Waals surface area contributed by atoms with Crippen LogP contribution in [0.25, 0.3) is 0 Å². The largest absolute Gasteiger partial charge is 0.481 e. The van der Waals surface area contributed by atoms with E-state index in [1.807, 2.05) is 0 Å². The van der Waals surface area contributed by atoms with Gasteiger partial charge in [-0.25, -0.2) is 4.39 Å². The molecule has 6 heteroatoms. The molecule has 3 atom stereocenters. The van der Waals surface area contributed by atoms with Crippen molar-refractivity contribution in [2.75, 3.05) is 19.7 Å². The van der Waals surface area contributed by atoms with Gasteiger partial charge < -0.3 is 14.7 Å². The van der Waals surface area contributed by atoms with Gasteiger partial charge in [0.2, 0.25) is 5.91 Å². The summed E-state index contributed by atoms with van der Waals surface area (Å²) in [4.78, 5) is 24.7. The molecule has 2 aliphatic rings. The predicted octanol–water partition coefficient (Wildman–Crippen LogP) is 1.45. The summed E-state index contributed by atoms with van der Waals surface area (Å²) in [6.07, 6.45) is -0.0958. The topological polar surface area (TPSA) is 66.8 Å². The second-order valence-corrected chi connectivity index (χ2v) is 5.45. The molecule has 1 saturated heterocycles. The Morgan fingerprint density at radius 2 is 2.05 bits per heavy atom. The summed E-state index contributed by atoms with van der Waals surface area (Å²) in [5.41, 5.74) is 0.431. The highest BCUT2D eigenvalue weighted by atomic mass is 19.1. The van der Waals surface area contributed by atoms with Gasteiger partial charge in [-0.2, -0.15) is 0 Å². The molecule has 21 heavy (non-hydrogen) atoms. The zero-order valence-electron chi connectivity index (χ0n) is 11.4. The van der Waals surface area contributed by atoms with Crippen molar-refractivity contribution in [3.63, 3.8) is 0 Å². The van der Waals surface area contributed by atoms with E-state index in [0.717, 1.165) is 0 Å². The molecule has 1 N–H and O–H groups in total. The lowest BCUT2D eigenvalue weighted by molar-refractivity contribution is -0.145. The standard InChI is InChI=1S/C15H16FNO4/c16-12-4-2-1-3-9(12)13-8-17(5-6-21-13)14(18)10-7-11(10)15(19)20/h1-4,10-11,13H,5-8H2,(H,19,20)/t10-,11-,13-/m1/s1. The number of morpholine rings is 1. The maximum atomic E-state index is 13.8. The zero-order chi connectivity index (χ0) is 15.0. The number of benzene rings is 1. The molecule has 1 aromatic rings. The minimum atomic E-state index is -0.924. The molecule has 1 aliphatic carbocycles. The molecule has 1 aromatic carbocycles. The van der Waals surface area contributed by atoms with Crippen LogP contribution in [0.15, 0.2) is 24.3 Å². The van der Waals surface area contributed by atoms with Crippen molar-refractivity contribution in [1.82, 2.24) is 4.90 Å². The van der Waals surface area contributed by atoms with Crippen LogP contribution in [0.5, 0.6) is 0 Å². The molecule has 1 saturated carbocycles. The summed E-state index contributed by atoms with van der Waals surface area (Å²) in [5.74, 6) is -2.43. The lowest BCUT2D eigenvalue weighted by Gasteiger charge is -2.33. The Morgan fingerprint density at radius 3 is 2.71 bits per heavy atom. The van der Waals surface area contributed by atoms with Gasteiger partial charge in [-0.05, 0) is 12.5 Å². The number of carboxylic acid groups (broad SMARTS) is 1. The number of aliphatic carboxylic acids is 1. The second-order valence-electron chi connectivity index (χ2n) is 5.45. The van der Waals surface area contributed by atoms with Gasteiger partial charge in [-0.15, -0.1) is 0 Å². The van der Waals surface area contributed by atoms with E-state index in [4.69, 9.17) is 9.84 Å². The van der Waals surface area contributed by atoms with E-state index in [1.165, 1.54) is 6.07 Å². The van der Waals surface area contributed by atoms with E-state index in [9.17, 15) is 14.0 Å². The van der Waals surface area contributed by atoms with Crippen molar-refractivity contribution >= 4 is 11.9 Å². The van der Waals surface area contributed by atoms with Gasteiger partial charge in [0.25, 0.3) is 0 Å². The number of carboxylic acids is 1.